The van der Waals surface area contributed by atoms with Gasteiger partial charge in [0.15, 0.2) is 11.5 Å². The van der Waals surface area contributed by atoms with Gasteiger partial charge < -0.3 is 19.5 Å². The summed E-state index contributed by atoms with van der Waals surface area (Å²) in [6.45, 7) is 1.62. The second-order valence-corrected chi connectivity index (χ2v) is 3.37. The molecule has 0 atom stereocenters. The molecule has 4 heteroatoms. The fourth-order valence-corrected chi connectivity index (χ4v) is 1.96. The molecule has 0 saturated heterocycles. The second-order valence-electron chi connectivity index (χ2n) is 3.37. The van der Waals surface area contributed by atoms with E-state index in [0.29, 0.717) is 0 Å². The zero-order valence-corrected chi connectivity index (χ0v) is 9.22. The van der Waals surface area contributed by atoms with Gasteiger partial charge in [-0.1, -0.05) is 0 Å². The summed E-state index contributed by atoms with van der Waals surface area (Å²) in [5.74, 6) is 2.38. The number of hydrogen-bond acceptors (Lipinski definition) is 4. The van der Waals surface area contributed by atoms with E-state index in [1.807, 2.05) is 6.07 Å². The third kappa shape index (κ3) is 1.51. The number of nitrogens with one attached hydrogen (secondary N) is 1. The van der Waals surface area contributed by atoms with E-state index in [4.69, 9.17) is 14.2 Å². The maximum Gasteiger partial charge on any atom is 0.165 e. The molecule has 0 radical (unpaired) electrons. The van der Waals surface area contributed by atoms with E-state index in [1.165, 1.54) is 0 Å². The van der Waals surface area contributed by atoms with Gasteiger partial charge in [-0.2, -0.15) is 0 Å². The molecule has 0 bridgehead atoms. The third-order valence-electron chi connectivity index (χ3n) is 2.67. The van der Waals surface area contributed by atoms with Gasteiger partial charge in [0.1, 0.15) is 5.75 Å². The zero-order valence-electron chi connectivity index (χ0n) is 9.22. The van der Waals surface area contributed by atoms with Gasteiger partial charge in [0.05, 0.1) is 21.3 Å². The van der Waals surface area contributed by atoms with E-state index < -0.39 is 0 Å². The highest BCUT2D eigenvalue weighted by molar-refractivity contribution is 5.58. The molecule has 4 nitrogen and oxygen atoms in total. The predicted molar refractivity (Wildman–Crippen MR) is 56.6 cm³/mol. The Kier molecular flexibility index (Phi) is 2.68. The molecule has 15 heavy (non-hydrogen) atoms. The summed E-state index contributed by atoms with van der Waals surface area (Å²) in [6, 6.07) is 1.87. The number of ether oxygens (including phenoxy) is 3. The first-order valence-corrected chi connectivity index (χ1v) is 4.83. The van der Waals surface area contributed by atoms with Gasteiger partial charge >= 0.3 is 0 Å². The zero-order chi connectivity index (χ0) is 10.8. The van der Waals surface area contributed by atoms with Crippen LogP contribution in [0.5, 0.6) is 17.2 Å². The molecule has 1 aromatic rings. The summed E-state index contributed by atoms with van der Waals surface area (Å²) < 4.78 is 16.0. The average molecular weight is 209 g/mol. The van der Waals surface area contributed by atoms with Gasteiger partial charge in [-0.25, -0.2) is 0 Å². The van der Waals surface area contributed by atoms with Crippen LogP contribution in [0.15, 0.2) is 6.07 Å². The van der Waals surface area contributed by atoms with E-state index in [9.17, 15) is 0 Å². The van der Waals surface area contributed by atoms with Crippen LogP contribution in [0, 0.1) is 0 Å². The topological polar surface area (TPSA) is 39.7 Å². The number of hydrogen-bond donors (Lipinski definition) is 1. The van der Waals surface area contributed by atoms with Crippen LogP contribution in [0.2, 0.25) is 0 Å². The highest BCUT2D eigenvalue weighted by atomic mass is 16.5. The van der Waals surface area contributed by atoms with Crippen LogP contribution in [0.1, 0.15) is 11.1 Å². The molecule has 1 aliphatic rings. The molecule has 1 N–H and O–H groups in total. The van der Waals surface area contributed by atoms with Gasteiger partial charge in [0, 0.05) is 30.3 Å². The van der Waals surface area contributed by atoms with Crippen molar-refractivity contribution in [2.45, 2.75) is 13.1 Å². The van der Waals surface area contributed by atoms with Crippen LogP contribution in [0.4, 0.5) is 0 Å². The predicted octanol–water partition coefficient (Wildman–Crippen LogP) is 1.32. The largest absolute Gasteiger partial charge is 0.496 e. The molecule has 0 saturated carbocycles. The maximum atomic E-state index is 5.36. The molecular formula is C11H15NO3. The van der Waals surface area contributed by atoms with Crippen molar-refractivity contribution in [2.24, 2.45) is 0 Å². The first kappa shape index (κ1) is 10.1. The molecule has 0 fully saturated rings. The van der Waals surface area contributed by atoms with Crippen molar-refractivity contribution < 1.29 is 14.2 Å². The molecule has 1 aliphatic heterocycles. The summed E-state index contributed by atoms with van der Waals surface area (Å²) in [4.78, 5) is 0. The first-order valence-electron chi connectivity index (χ1n) is 4.83. The lowest BCUT2D eigenvalue weighted by atomic mass is 10.1. The van der Waals surface area contributed by atoms with Crippen molar-refractivity contribution in [3.05, 3.63) is 17.2 Å². The van der Waals surface area contributed by atoms with Crippen molar-refractivity contribution >= 4 is 0 Å². The number of methoxy groups -OCH3 is 3. The summed E-state index contributed by atoms with van der Waals surface area (Å²) in [6.07, 6.45) is 0. The molecular weight excluding hydrogens is 194 g/mol. The Balaban J connectivity index is 2.60. The minimum atomic E-state index is 0.719. The summed E-state index contributed by atoms with van der Waals surface area (Å²) >= 11 is 0. The summed E-state index contributed by atoms with van der Waals surface area (Å²) in [5, 5.41) is 3.27. The number of rotatable bonds is 3. The Labute approximate surface area is 89.1 Å². The fraction of sp³-hybridized carbons (Fsp3) is 0.455. The molecule has 1 aromatic carbocycles. The summed E-state index contributed by atoms with van der Waals surface area (Å²) in [7, 11) is 4.95. The lowest BCUT2D eigenvalue weighted by molar-refractivity contribution is 0.345. The standard InChI is InChI=1S/C11H15NO3/c1-13-9-4-10(14-2)11(15-3)8-6-12-5-7(8)9/h4,12H,5-6H2,1-3H3. The maximum absolute atomic E-state index is 5.36. The van der Waals surface area contributed by atoms with Crippen LogP contribution in [-0.2, 0) is 13.1 Å². The molecule has 0 aliphatic carbocycles. The number of benzene rings is 1. The van der Waals surface area contributed by atoms with E-state index >= 15 is 0 Å². The molecule has 0 amide bonds. The van der Waals surface area contributed by atoms with E-state index in [-0.39, 0.29) is 0 Å². The third-order valence-corrected chi connectivity index (χ3v) is 2.67. The molecule has 2 rings (SSSR count). The lowest BCUT2D eigenvalue weighted by Crippen LogP contribution is -2.00. The smallest absolute Gasteiger partial charge is 0.165 e. The Bertz CT molecular complexity index is 377. The molecule has 0 aromatic heterocycles. The van der Waals surface area contributed by atoms with Crippen molar-refractivity contribution in [2.75, 3.05) is 21.3 Å². The Morgan fingerprint density at radius 3 is 2.20 bits per heavy atom. The molecule has 82 valence electrons. The van der Waals surface area contributed by atoms with Gasteiger partial charge in [-0.05, 0) is 0 Å². The molecule has 0 unspecified atom stereocenters. The van der Waals surface area contributed by atoms with Gasteiger partial charge in [0.25, 0.3) is 0 Å². The monoisotopic (exact) mass is 209 g/mol. The first-order chi connectivity index (χ1) is 7.31. The van der Waals surface area contributed by atoms with E-state index in [2.05, 4.69) is 5.32 Å². The minimum absolute atomic E-state index is 0.719. The van der Waals surface area contributed by atoms with Gasteiger partial charge in [-0.3, -0.25) is 0 Å². The summed E-state index contributed by atoms with van der Waals surface area (Å²) in [5.41, 5.74) is 2.30. The average Bonchev–Trinajstić information content (AvgIpc) is 2.75. The Hall–Kier alpha value is -1.42. The SMILES string of the molecule is COc1cc(OC)c(OC)c2c1CNC2. The van der Waals surface area contributed by atoms with Crippen LogP contribution < -0.4 is 19.5 Å². The van der Waals surface area contributed by atoms with Crippen molar-refractivity contribution in [3.63, 3.8) is 0 Å². The van der Waals surface area contributed by atoms with Crippen LogP contribution in [0.3, 0.4) is 0 Å². The van der Waals surface area contributed by atoms with E-state index in [0.717, 1.165) is 41.5 Å². The number of fused-ring (bicyclic) bond motifs is 1. The Morgan fingerprint density at radius 2 is 1.60 bits per heavy atom. The Morgan fingerprint density at radius 1 is 0.933 bits per heavy atom. The van der Waals surface area contributed by atoms with Crippen molar-refractivity contribution in [3.8, 4) is 17.2 Å². The minimum Gasteiger partial charge on any atom is -0.496 e. The molecule has 0 spiro atoms. The fourth-order valence-electron chi connectivity index (χ4n) is 1.96. The highest BCUT2D eigenvalue weighted by Crippen LogP contribution is 2.41. The normalized spacial score (nSPS) is 13.5. The van der Waals surface area contributed by atoms with Gasteiger partial charge in [-0.15, -0.1) is 0 Å². The van der Waals surface area contributed by atoms with Crippen LogP contribution in [0.25, 0.3) is 0 Å². The van der Waals surface area contributed by atoms with Crippen LogP contribution >= 0.6 is 0 Å². The molecule has 1 heterocycles. The van der Waals surface area contributed by atoms with Crippen LogP contribution in [-0.4, -0.2) is 21.3 Å². The lowest BCUT2D eigenvalue weighted by Gasteiger charge is -2.14. The van der Waals surface area contributed by atoms with Crippen molar-refractivity contribution in [1.29, 1.82) is 0 Å². The second kappa shape index (κ2) is 3.98. The highest BCUT2D eigenvalue weighted by Gasteiger charge is 2.23. The van der Waals surface area contributed by atoms with E-state index in [1.54, 1.807) is 21.3 Å². The van der Waals surface area contributed by atoms with Gasteiger partial charge in [0.2, 0.25) is 0 Å². The van der Waals surface area contributed by atoms with Crippen molar-refractivity contribution in [1.82, 2.24) is 5.32 Å². The quantitative estimate of drug-likeness (QED) is 0.815.